The number of phenolic OH excluding ortho intramolecular Hbond substituents is 3. The molecule has 0 saturated carbocycles. The van der Waals surface area contributed by atoms with Crippen molar-refractivity contribution in [3.63, 3.8) is 0 Å². The van der Waals surface area contributed by atoms with Gasteiger partial charge >= 0.3 is 0 Å². The number of Topliss-reactive ketones (excluding diaryl/α,β-unsaturated/α-hetero) is 1. The molecule has 0 aliphatic carbocycles. The Morgan fingerprint density at radius 2 is 1.51 bits per heavy atom. The van der Waals surface area contributed by atoms with Crippen LogP contribution < -0.4 is 9.47 Å². The van der Waals surface area contributed by atoms with Crippen LogP contribution in [0.4, 0.5) is 0 Å². The number of hydrogen-bond donors (Lipinski definition) is 9. The van der Waals surface area contributed by atoms with Gasteiger partial charge < -0.3 is 69.6 Å². The van der Waals surface area contributed by atoms with Crippen LogP contribution >= 0.6 is 0 Å². The number of aliphatic hydroxyl groups is 6. The lowest BCUT2D eigenvalue weighted by Gasteiger charge is -2.46. The number of hydrogen-bond acceptors (Lipinski definition) is 15. The van der Waals surface area contributed by atoms with Crippen LogP contribution in [0.2, 0.25) is 0 Å². The molecule has 0 bridgehead atoms. The number of benzene rings is 2. The predicted octanol–water partition coefficient (Wildman–Crippen LogP) is -0.643. The fourth-order valence-electron chi connectivity index (χ4n) is 5.34. The van der Waals surface area contributed by atoms with Gasteiger partial charge in [0.25, 0.3) is 0 Å². The highest BCUT2D eigenvalue weighted by molar-refractivity contribution is 6.02. The molecule has 0 aromatic heterocycles. The molecule has 2 fully saturated rings. The molecule has 250 valence electrons. The molecule has 4 rings (SSSR count). The first-order valence-electron chi connectivity index (χ1n) is 14.4. The number of rotatable bonds is 11. The highest BCUT2D eigenvalue weighted by atomic mass is 16.8. The van der Waals surface area contributed by atoms with Gasteiger partial charge in [0.15, 0.2) is 29.7 Å². The summed E-state index contributed by atoms with van der Waals surface area (Å²) in [5.41, 5.74) is 0.215. The third-order valence-corrected chi connectivity index (χ3v) is 8.08. The fourth-order valence-corrected chi connectivity index (χ4v) is 5.34. The second kappa shape index (κ2) is 14.5. The van der Waals surface area contributed by atoms with Gasteiger partial charge in [-0.3, -0.25) is 4.79 Å². The summed E-state index contributed by atoms with van der Waals surface area (Å²) >= 11 is 0. The van der Waals surface area contributed by atoms with Gasteiger partial charge in [0, 0.05) is 18.1 Å². The Balaban J connectivity index is 1.56. The molecule has 0 amide bonds. The van der Waals surface area contributed by atoms with Crippen molar-refractivity contribution >= 4 is 5.78 Å². The number of aromatic hydroxyl groups is 3. The Morgan fingerprint density at radius 1 is 0.844 bits per heavy atom. The molecule has 2 aromatic carbocycles. The molecule has 2 saturated heterocycles. The number of aryl methyl sites for hydroxylation is 1. The van der Waals surface area contributed by atoms with E-state index >= 15 is 0 Å². The summed E-state index contributed by atoms with van der Waals surface area (Å²) in [7, 11) is 1.40. The van der Waals surface area contributed by atoms with Gasteiger partial charge in [-0.05, 0) is 37.5 Å². The summed E-state index contributed by atoms with van der Waals surface area (Å²) < 4.78 is 27.8. The Kier molecular flexibility index (Phi) is 11.1. The Labute approximate surface area is 258 Å². The van der Waals surface area contributed by atoms with Crippen LogP contribution in [0.15, 0.2) is 24.3 Å². The van der Waals surface area contributed by atoms with Gasteiger partial charge in [-0.2, -0.15) is 0 Å². The highest BCUT2D eigenvalue weighted by Gasteiger charge is 2.51. The van der Waals surface area contributed by atoms with Crippen molar-refractivity contribution in [1.82, 2.24) is 0 Å². The van der Waals surface area contributed by atoms with E-state index in [1.165, 1.54) is 26.2 Å². The van der Waals surface area contributed by atoms with Crippen molar-refractivity contribution in [2.45, 2.75) is 94.5 Å². The lowest BCUT2D eigenvalue weighted by Crippen LogP contribution is -2.64. The summed E-state index contributed by atoms with van der Waals surface area (Å²) in [4.78, 5) is 13.0. The van der Waals surface area contributed by atoms with E-state index in [-0.39, 0.29) is 47.6 Å². The lowest BCUT2D eigenvalue weighted by atomic mass is 9.96. The summed E-state index contributed by atoms with van der Waals surface area (Å²) in [6.45, 7) is 2.30. The molecule has 0 radical (unpaired) electrons. The van der Waals surface area contributed by atoms with Gasteiger partial charge in [-0.25, -0.2) is 0 Å². The van der Waals surface area contributed by atoms with Gasteiger partial charge in [0.2, 0.25) is 6.29 Å². The monoisotopic (exact) mass is 640 g/mol. The van der Waals surface area contributed by atoms with Crippen LogP contribution in [0.3, 0.4) is 0 Å². The maximum absolute atomic E-state index is 13.0. The van der Waals surface area contributed by atoms with Crippen LogP contribution in [0.5, 0.6) is 28.7 Å². The zero-order valence-corrected chi connectivity index (χ0v) is 24.9. The highest BCUT2D eigenvalue weighted by Crippen LogP contribution is 2.40. The van der Waals surface area contributed by atoms with Crippen LogP contribution in [-0.2, 0) is 20.6 Å². The third-order valence-electron chi connectivity index (χ3n) is 8.08. The van der Waals surface area contributed by atoms with Crippen molar-refractivity contribution in [2.24, 2.45) is 0 Å². The summed E-state index contributed by atoms with van der Waals surface area (Å²) in [6, 6.07) is 5.66. The summed E-state index contributed by atoms with van der Waals surface area (Å²) in [5.74, 6) is -1.92. The van der Waals surface area contributed by atoms with Crippen LogP contribution in [0.25, 0.3) is 0 Å². The largest absolute Gasteiger partial charge is 0.507 e. The molecule has 15 nitrogen and oxygen atoms in total. The average molecular weight is 641 g/mol. The minimum Gasteiger partial charge on any atom is -0.507 e. The van der Waals surface area contributed by atoms with E-state index in [1.54, 1.807) is 13.0 Å². The lowest BCUT2D eigenvalue weighted by molar-refractivity contribution is -0.356. The fraction of sp³-hybridized carbons (Fsp3) is 0.567. The first-order valence-corrected chi connectivity index (χ1v) is 14.4. The summed E-state index contributed by atoms with van der Waals surface area (Å²) in [6.07, 6.45) is -15.3. The van der Waals surface area contributed by atoms with Gasteiger partial charge in [-0.15, -0.1) is 0 Å². The molecular weight excluding hydrogens is 600 g/mol. The number of carbonyl (C=O) groups excluding carboxylic acids is 1. The maximum atomic E-state index is 13.0. The number of aliphatic hydroxyl groups excluding tert-OH is 6. The number of ketones is 1. The molecule has 10 atom stereocenters. The van der Waals surface area contributed by atoms with E-state index in [9.17, 15) is 50.8 Å². The van der Waals surface area contributed by atoms with Crippen LogP contribution in [-0.4, -0.2) is 127 Å². The normalized spacial score (nSPS) is 31.8. The van der Waals surface area contributed by atoms with Crippen molar-refractivity contribution in [1.29, 1.82) is 0 Å². The van der Waals surface area contributed by atoms with E-state index < -0.39 is 85.3 Å². The minimum absolute atomic E-state index is 0.0136. The van der Waals surface area contributed by atoms with Crippen molar-refractivity contribution < 1.29 is 74.4 Å². The van der Waals surface area contributed by atoms with E-state index in [0.717, 1.165) is 6.07 Å². The molecule has 0 spiro atoms. The van der Waals surface area contributed by atoms with E-state index in [4.69, 9.17) is 23.7 Å². The van der Waals surface area contributed by atoms with Crippen molar-refractivity contribution in [2.75, 3.05) is 13.7 Å². The first-order chi connectivity index (χ1) is 21.3. The van der Waals surface area contributed by atoms with Crippen molar-refractivity contribution in [3.05, 3.63) is 41.0 Å². The second-order valence-electron chi connectivity index (χ2n) is 11.0. The number of ether oxygens (including phenoxy) is 5. The van der Waals surface area contributed by atoms with Gasteiger partial charge in [-0.1, -0.05) is 13.0 Å². The molecular formula is C30H40O15. The van der Waals surface area contributed by atoms with Crippen LogP contribution in [0, 0.1) is 6.92 Å². The number of methoxy groups -OCH3 is 1. The van der Waals surface area contributed by atoms with E-state index in [0.29, 0.717) is 5.56 Å². The maximum Gasteiger partial charge on any atom is 0.229 e. The second-order valence-corrected chi connectivity index (χ2v) is 11.0. The first kappa shape index (κ1) is 34.6. The van der Waals surface area contributed by atoms with Gasteiger partial charge in [0.1, 0.15) is 59.4 Å². The predicted molar refractivity (Wildman–Crippen MR) is 152 cm³/mol. The van der Waals surface area contributed by atoms with E-state index in [2.05, 4.69) is 0 Å². The summed E-state index contributed by atoms with van der Waals surface area (Å²) in [5, 5.41) is 93.7. The SMILES string of the molecule is CC[C@@H]1O[C@@H](O[C@H]2[C@H](Oc3cc(O)c(C(=O)CCc4ccc(OC)c(O)c4)c(O)c3C)O[C@H](CO)[C@@H](O)[C@@H]2O)[C@H](O)[C@H](O)[C@H]1O. The molecule has 2 heterocycles. The van der Waals surface area contributed by atoms with E-state index in [1.807, 2.05) is 0 Å². The zero-order valence-electron chi connectivity index (χ0n) is 24.9. The molecule has 2 aliphatic rings. The molecule has 0 unspecified atom stereocenters. The molecule has 45 heavy (non-hydrogen) atoms. The Morgan fingerprint density at radius 3 is 2.13 bits per heavy atom. The van der Waals surface area contributed by atoms with Crippen molar-refractivity contribution in [3.8, 4) is 28.7 Å². The zero-order chi connectivity index (χ0) is 33.2. The molecule has 2 aliphatic heterocycles. The smallest absolute Gasteiger partial charge is 0.229 e. The molecule has 9 N–H and O–H groups in total. The molecule has 15 heteroatoms. The Hall–Kier alpha value is -3.25. The molecule has 2 aromatic rings. The third kappa shape index (κ3) is 7.11. The number of carbonyl (C=O) groups is 1. The number of phenols is 3. The van der Waals surface area contributed by atoms with Gasteiger partial charge in [0.05, 0.1) is 19.8 Å². The standard InChI is InChI=1S/C30H40O15/c1-4-17-23(36)25(38)27(40)29(42-17)45-28-26(39)24(37)20(11-31)44-30(28)43-19-10-16(34)21(22(35)12(19)2)14(32)7-5-13-6-8-18(41-3)15(33)9-13/h6,8-10,17,20,23-31,33-40H,4-5,7,11H2,1-3H3/t17-,20+,23-,24+,25+,26-,27+,28+,29-,30+/m0/s1. The quantitative estimate of drug-likeness (QED) is 0.139. The van der Waals surface area contributed by atoms with Crippen LogP contribution in [0.1, 0.15) is 41.3 Å². The Bertz CT molecular complexity index is 1330. The topological polar surface area (TPSA) is 245 Å². The minimum atomic E-state index is -1.79. The average Bonchev–Trinajstić information content (AvgIpc) is 3.02.